The molecule has 18 rings (SSSR count). The number of fused-ring (bicyclic) bond motifs is 3. The van der Waals surface area contributed by atoms with Gasteiger partial charge in [0.15, 0.2) is 0 Å². The van der Waals surface area contributed by atoms with Crippen LogP contribution in [0.4, 0.5) is 0 Å². The molecular weight excluding hydrogens is 905 g/mol. The van der Waals surface area contributed by atoms with Crippen LogP contribution < -0.4 is 0 Å². The first-order valence-corrected chi connectivity index (χ1v) is 25.3. The molecular formula is C70H36O4. The van der Waals surface area contributed by atoms with Gasteiger partial charge in [-0.05, 0) is 125 Å². The summed E-state index contributed by atoms with van der Waals surface area (Å²) in [5.74, 6) is 0. The predicted molar refractivity (Wildman–Crippen MR) is 305 cm³/mol. The monoisotopic (exact) mass is 940 g/mol. The van der Waals surface area contributed by atoms with Crippen LogP contribution in [0.15, 0.2) is 236 Å². The van der Waals surface area contributed by atoms with Crippen molar-refractivity contribution in [1.82, 2.24) is 0 Å². The highest BCUT2D eigenvalue weighted by Crippen LogP contribution is 2.55. The highest BCUT2D eigenvalue weighted by atomic mass is 16.3. The fourth-order valence-corrected chi connectivity index (χ4v) is 13.2. The predicted octanol–water partition coefficient (Wildman–Crippen LogP) is 20.5. The first kappa shape index (κ1) is 38.8. The minimum absolute atomic E-state index is 0.830. The Kier molecular flexibility index (Phi) is 7.31. The van der Waals surface area contributed by atoms with E-state index in [0.717, 1.165) is 165 Å². The summed E-state index contributed by atoms with van der Waals surface area (Å²) < 4.78 is 28.8. The number of hydrogen-bond acceptors (Lipinski definition) is 4. The van der Waals surface area contributed by atoms with Crippen molar-refractivity contribution in [2.75, 3.05) is 0 Å². The lowest BCUT2D eigenvalue weighted by atomic mass is 9.85. The second-order valence-electron chi connectivity index (χ2n) is 20.1. The SMILES string of the molecule is c1ccc2c(-c3ccc4ccc5oc6c(-c7ccc(-c8ccc9ccc%10oc%11c(-c%12cccc%13ccccc%12%13)ccc%12ccc%13oc8c9c%10-c%13c%12%11)c8ccccc78)ccc7ccc8oc3c4c5-c8c76)cccc2c1. The molecule has 0 radical (unpaired) electrons. The van der Waals surface area contributed by atoms with Crippen molar-refractivity contribution in [3.05, 3.63) is 218 Å². The molecule has 0 N–H and O–H groups in total. The van der Waals surface area contributed by atoms with E-state index in [9.17, 15) is 0 Å². The van der Waals surface area contributed by atoms with Crippen molar-refractivity contribution >= 4 is 120 Å². The van der Waals surface area contributed by atoms with Gasteiger partial charge in [0.1, 0.15) is 44.7 Å². The van der Waals surface area contributed by atoms with Crippen molar-refractivity contribution in [3.63, 3.8) is 0 Å². The summed E-state index contributed by atoms with van der Waals surface area (Å²) in [6.07, 6.45) is 0. The van der Waals surface area contributed by atoms with Crippen LogP contribution in [-0.2, 0) is 0 Å². The summed E-state index contributed by atoms with van der Waals surface area (Å²) in [7, 11) is 0. The van der Waals surface area contributed by atoms with E-state index in [1.165, 1.54) is 21.5 Å². The van der Waals surface area contributed by atoms with Crippen LogP contribution in [-0.4, -0.2) is 0 Å². The average Bonchev–Trinajstić information content (AvgIpc) is 3.54. The molecule has 0 atom stereocenters. The third kappa shape index (κ3) is 4.96. The second kappa shape index (κ2) is 13.9. The van der Waals surface area contributed by atoms with Crippen LogP contribution in [0.1, 0.15) is 0 Å². The Bertz CT molecular complexity index is 4980. The molecule has 14 aromatic carbocycles. The van der Waals surface area contributed by atoms with E-state index in [1.54, 1.807) is 0 Å². The van der Waals surface area contributed by atoms with Crippen molar-refractivity contribution in [2.45, 2.75) is 0 Å². The second-order valence-corrected chi connectivity index (χ2v) is 20.1. The van der Waals surface area contributed by atoms with E-state index < -0.39 is 0 Å². The van der Waals surface area contributed by atoms with Gasteiger partial charge in [0.25, 0.3) is 0 Å². The first-order chi connectivity index (χ1) is 36.7. The van der Waals surface area contributed by atoms with E-state index in [-0.39, 0.29) is 0 Å². The van der Waals surface area contributed by atoms with Crippen LogP contribution in [0.2, 0.25) is 0 Å². The van der Waals surface area contributed by atoms with Crippen molar-refractivity contribution < 1.29 is 17.7 Å². The molecule has 0 saturated heterocycles. The molecule has 0 bridgehead atoms. The molecule has 0 aliphatic carbocycles. The highest BCUT2D eigenvalue weighted by molar-refractivity contribution is 6.29. The van der Waals surface area contributed by atoms with Crippen LogP contribution >= 0.6 is 0 Å². The molecule has 4 aliphatic heterocycles. The molecule has 0 saturated carbocycles. The number of rotatable bonds is 4. The fourth-order valence-electron chi connectivity index (χ4n) is 13.2. The van der Waals surface area contributed by atoms with Gasteiger partial charge in [-0.15, -0.1) is 0 Å². The Hall–Kier alpha value is -9.90. The molecule has 340 valence electrons. The summed E-state index contributed by atoms with van der Waals surface area (Å²) in [4.78, 5) is 0. The summed E-state index contributed by atoms with van der Waals surface area (Å²) in [6, 6.07) is 78.4. The zero-order valence-electron chi connectivity index (χ0n) is 39.4. The molecule has 74 heavy (non-hydrogen) atoms. The van der Waals surface area contributed by atoms with Crippen LogP contribution in [0.25, 0.3) is 187 Å². The lowest BCUT2D eigenvalue weighted by Crippen LogP contribution is -1.97. The van der Waals surface area contributed by atoms with E-state index in [4.69, 9.17) is 17.7 Å². The van der Waals surface area contributed by atoms with Crippen molar-refractivity contribution in [1.29, 1.82) is 0 Å². The fraction of sp³-hybridized carbons (Fsp3) is 0. The molecule has 0 spiro atoms. The zero-order chi connectivity index (χ0) is 47.9. The van der Waals surface area contributed by atoms with Gasteiger partial charge in [-0.3, -0.25) is 0 Å². The van der Waals surface area contributed by atoms with E-state index in [2.05, 4.69) is 218 Å². The highest BCUT2D eigenvalue weighted by Gasteiger charge is 2.30. The van der Waals surface area contributed by atoms with E-state index in [1.807, 2.05) is 0 Å². The summed E-state index contributed by atoms with van der Waals surface area (Å²) in [6.45, 7) is 0. The summed E-state index contributed by atoms with van der Waals surface area (Å²) in [5.41, 5.74) is 19.7. The van der Waals surface area contributed by atoms with Gasteiger partial charge >= 0.3 is 0 Å². The van der Waals surface area contributed by atoms with Gasteiger partial charge in [0, 0.05) is 66.1 Å². The molecule has 0 fully saturated rings. The Morgan fingerprint density at radius 3 is 0.770 bits per heavy atom. The van der Waals surface area contributed by atoms with Crippen molar-refractivity contribution in [2.24, 2.45) is 0 Å². The Labute approximate surface area is 420 Å². The lowest BCUT2D eigenvalue weighted by molar-refractivity contribution is 0.647. The maximum absolute atomic E-state index is 7.25. The minimum Gasteiger partial charge on any atom is -0.455 e. The molecule has 4 aliphatic rings. The van der Waals surface area contributed by atoms with Crippen LogP contribution in [0.3, 0.4) is 0 Å². The quantitative estimate of drug-likeness (QED) is 0.130. The van der Waals surface area contributed by atoms with Gasteiger partial charge in [-0.25, -0.2) is 0 Å². The molecule has 4 heteroatoms. The zero-order valence-corrected chi connectivity index (χ0v) is 39.4. The molecule has 4 nitrogen and oxygen atoms in total. The molecule has 0 unspecified atom stereocenters. The Morgan fingerprint density at radius 2 is 0.432 bits per heavy atom. The van der Waals surface area contributed by atoms with Gasteiger partial charge in [-0.1, -0.05) is 170 Å². The lowest BCUT2D eigenvalue weighted by Gasteiger charge is -2.23. The van der Waals surface area contributed by atoms with Crippen LogP contribution in [0, 0.1) is 0 Å². The maximum Gasteiger partial charge on any atom is 0.143 e. The third-order valence-corrected chi connectivity index (χ3v) is 16.4. The number of hydrogen-bond donors (Lipinski definition) is 0. The molecule has 0 aromatic heterocycles. The normalized spacial score (nSPS) is 12.6. The molecule has 14 aromatic rings. The largest absolute Gasteiger partial charge is 0.455 e. The van der Waals surface area contributed by atoms with Gasteiger partial charge in [-0.2, -0.15) is 0 Å². The summed E-state index contributed by atoms with van der Waals surface area (Å²) >= 11 is 0. The minimum atomic E-state index is 0.830. The standard InChI is InChI=1S/C70H36O4/c1-3-13-43-37(9-1)11-7-17-45(43)51-27-19-39-23-35-57-63-59(39)67(51)71-55-33-25-41-21-29-53(69(73-57)61(41)65(55)63)49-31-32-50(48-16-6-5-15-47(48)49)54-30-22-42-26-34-56-66-62(42)70(54)74-58-36-24-40-20-28-52(68(72-56)60(40)64(58)66)46-18-8-12-38-10-2-4-14-44(38)46/h1-36H. The van der Waals surface area contributed by atoms with Gasteiger partial charge in [0.05, 0.1) is 0 Å². The van der Waals surface area contributed by atoms with E-state index >= 15 is 0 Å². The third-order valence-electron chi connectivity index (χ3n) is 16.4. The first-order valence-electron chi connectivity index (χ1n) is 25.3. The van der Waals surface area contributed by atoms with Crippen LogP contribution in [0.5, 0.6) is 0 Å². The topological polar surface area (TPSA) is 52.6 Å². The Morgan fingerprint density at radius 1 is 0.176 bits per heavy atom. The summed E-state index contributed by atoms with van der Waals surface area (Å²) in [5, 5.41) is 15.8. The maximum atomic E-state index is 7.25. The molecule has 0 amide bonds. The average molecular weight is 941 g/mol. The van der Waals surface area contributed by atoms with Crippen molar-refractivity contribution in [3.8, 4) is 66.8 Å². The molecule has 4 heterocycles. The van der Waals surface area contributed by atoms with Gasteiger partial charge in [0.2, 0.25) is 0 Å². The number of benzene rings is 14. The van der Waals surface area contributed by atoms with Gasteiger partial charge < -0.3 is 17.7 Å². The Balaban J connectivity index is 0.848. The van der Waals surface area contributed by atoms with E-state index in [0.29, 0.717) is 0 Å². The smallest absolute Gasteiger partial charge is 0.143 e.